The van der Waals surface area contributed by atoms with Gasteiger partial charge in [0, 0.05) is 17.5 Å². The third-order valence-electron chi connectivity index (χ3n) is 4.05. The van der Waals surface area contributed by atoms with Crippen molar-refractivity contribution in [1.82, 2.24) is 4.98 Å². The smallest absolute Gasteiger partial charge is 0.0705 e. The van der Waals surface area contributed by atoms with Crippen molar-refractivity contribution in [1.29, 1.82) is 0 Å². The first-order valence-electron chi connectivity index (χ1n) is 7.42. The van der Waals surface area contributed by atoms with Gasteiger partial charge < -0.3 is 5.11 Å². The molecule has 0 bridgehead atoms. The summed E-state index contributed by atoms with van der Waals surface area (Å²) < 4.78 is 0. The highest BCUT2D eigenvalue weighted by atomic mass is 32.2. The van der Waals surface area contributed by atoms with E-state index in [9.17, 15) is 5.11 Å². The maximum Gasteiger partial charge on any atom is 0.0705 e. The Hall–Kier alpha value is -1.06. The van der Waals surface area contributed by atoms with Crippen molar-refractivity contribution >= 4 is 22.7 Å². The van der Waals surface area contributed by atoms with Crippen LogP contribution in [-0.2, 0) is 6.42 Å². The van der Waals surface area contributed by atoms with Crippen molar-refractivity contribution < 1.29 is 5.11 Å². The topological polar surface area (TPSA) is 33.1 Å². The molecule has 0 saturated carbocycles. The molecule has 0 radical (unpaired) electrons. The standard InChI is InChI=1S/C17H21NOS/c19-16(11-13-7-9-20-10-8-13)12-15-6-5-14-3-1-2-4-17(14)18-15/h1-6,13,16,19H,7-12H2. The number of aromatic nitrogens is 1. The molecule has 2 aromatic rings. The van der Waals surface area contributed by atoms with E-state index in [4.69, 9.17) is 0 Å². The van der Waals surface area contributed by atoms with E-state index in [1.165, 1.54) is 24.3 Å². The van der Waals surface area contributed by atoms with Gasteiger partial charge >= 0.3 is 0 Å². The molecule has 1 fully saturated rings. The summed E-state index contributed by atoms with van der Waals surface area (Å²) in [6.45, 7) is 0. The van der Waals surface area contributed by atoms with Crippen LogP contribution < -0.4 is 0 Å². The van der Waals surface area contributed by atoms with E-state index in [1.807, 2.05) is 36.0 Å². The van der Waals surface area contributed by atoms with Gasteiger partial charge in [0.25, 0.3) is 0 Å². The summed E-state index contributed by atoms with van der Waals surface area (Å²) in [5.41, 5.74) is 2.02. The van der Waals surface area contributed by atoms with E-state index < -0.39 is 0 Å². The number of para-hydroxylation sites is 1. The molecule has 1 aliphatic heterocycles. The number of fused-ring (bicyclic) bond motifs is 1. The Bertz CT molecular complexity index is 566. The fourth-order valence-electron chi connectivity index (χ4n) is 2.91. The number of pyridine rings is 1. The number of thioether (sulfide) groups is 1. The van der Waals surface area contributed by atoms with Crippen molar-refractivity contribution in [2.45, 2.75) is 31.8 Å². The molecule has 0 aliphatic carbocycles. The minimum Gasteiger partial charge on any atom is -0.393 e. The largest absolute Gasteiger partial charge is 0.393 e. The number of aliphatic hydroxyl groups excluding tert-OH is 1. The number of rotatable bonds is 4. The van der Waals surface area contributed by atoms with Gasteiger partial charge in [-0.3, -0.25) is 4.98 Å². The Balaban J connectivity index is 1.62. The van der Waals surface area contributed by atoms with Crippen molar-refractivity contribution in [3.8, 4) is 0 Å². The summed E-state index contributed by atoms with van der Waals surface area (Å²) in [6.07, 6.45) is 3.86. The Morgan fingerprint density at radius 1 is 1.15 bits per heavy atom. The molecule has 1 atom stereocenters. The predicted molar refractivity (Wildman–Crippen MR) is 86.1 cm³/mol. The van der Waals surface area contributed by atoms with Crippen LogP contribution in [0, 0.1) is 5.92 Å². The lowest BCUT2D eigenvalue weighted by atomic mass is 9.93. The van der Waals surface area contributed by atoms with Crippen molar-refractivity contribution in [3.63, 3.8) is 0 Å². The predicted octanol–water partition coefficient (Wildman–Crippen LogP) is 3.67. The summed E-state index contributed by atoms with van der Waals surface area (Å²) in [5, 5.41) is 11.4. The minimum absolute atomic E-state index is 0.253. The van der Waals surface area contributed by atoms with Gasteiger partial charge in [0.05, 0.1) is 11.6 Å². The molecule has 1 unspecified atom stereocenters. The van der Waals surface area contributed by atoms with Crippen LogP contribution in [0.15, 0.2) is 36.4 Å². The van der Waals surface area contributed by atoms with Gasteiger partial charge in [0.15, 0.2) is 0 Å². The van der Waals surface area contributed by atoms with E-state index in [0.717, 1.165) is 23.0 Å². The maximum atomic E-state index is 10.3. The fraction of sp³-hybridized carbons (Fsp3) is 0.471. The summed E-state index contributed by atoms with van der Waals surface area (Å²) in [7, 11) is 0. The Morgan fingerprint density at radius 2 is 1.95 bits per heavy atom. The fourth-order valence-corrected chi connectivity index (χ4v) is 4.12. The summed E-state index contributed by atoms with van der Waals surface area (Å²) in [6, 6.07) is 12.3. The van der Waals surface area contributed by atoms with Crippen molar-refractivity contribution in [2.24, 2.45) is 5.92 Å². The Morgan fingerprint density at radius 3 is 2.80 bits per heavy atom. The second-order valence-electron chi connectivity index (χ2n) is 5.64. The molecule has 106 valence electrons. The van der Waals surface area contributed by atoms with Gasteiger partial charge in [-0.15, -0.1) is 0 Å². The lowest BCUT2D eigenvalue weighted by Gasteiger charge is -2.23. The zero-order valence-corrected chi connectivity index (χ0v) is 12.5. The lowest BCUT2D eigenvalue weighted by Crippen LogP contribution is -2.20. The van der Waals surface area contributed by atoms with Gasteiger partial charge in [-0.1, -0.05) is 24.3 Å². The molecule has 1 aromatic heterocycles. The molecule has 1 aromatic carbocycles. The first-order chi connectivity index (χ1) is 9.81. The highest BCUT2D eigenvalue weighted by Crippen LogP contribution is 2.27. The molecule has 20 heavy (non-hydrogen) atoms. The number of nitrogens with zero attached hydrogens (tertiary/aromatic N) is 1. The van der Waals surface area contributed by atoms with Crippen LogP contribution in [0.5, 0.6) is 0 Å². The van der Waals surface area contributed by atoms with Crippen molar-refractivity contribution in [3.05, 3.63) is 42.1 Å². The van der Waals surface area contributed by atoms with E-state index >= 15 is 0 Å². The molecule has 0 amide bonds. The van der Waals surface area contributed by atoms with E-state index in [-0.39, 0.29) is 6.10 Å². The highest BCUT2D eigenvalue weighted by molar-refractivity contribution is 7.99. The molecule has 1 aliphatic rings. The molecule has 2 heterocycles. The molecular weight excluding hydrogens is 266 g/mol. The monoisotopic (exact) mass is 287 g/mol. The Labute approximate surface area is 124 Å². The van der Waals surface area contributed by atoms with Crippen LogP contribution in [0.2, 0.25) is 0 Å². The van der Waals surface area contributed by atoms with Gasteiger partial charge in [-0.05, 0) is 48.8 Å². The summed E-state index contributed by atoms with van der Waals surface area (Å²) in [5.74, 6) is 3.21. The van der Waals surface area contributed by atoms with Crippen LogP contribution in [0.1, 0.15) is 25.0 Å². The summed E-state index contributed by atoms with van der Waals surface area (Å²) in [4.78, 5) is 4.64. The molecule has 1 saturated heterocycles. The highest BCUT2D eigenvalue weighted by Gasteiger charge is 2.18. The van der Waals surface area contributed by atoms with Crippen LogP contribution in [0.4, 0.5) is 0 Å². The average molecular weight is 287 g/mol. The zero-order valence-electron chi connectivity index (χ0n) is 11.7. The number of hydrogen-bond acceptors (Lipinski definition) is 3. The maximum absolute atomic E-state index is 10.3. The SMILES string of the molecule is OC(Cc1ccc2ccccc2n1)CC1CCSCC1. The molecule has 3 rings (SSSR count). The third-order valence-corrected chi connectivity index (χ3v) is 5.10. The van der Waals surface area contributed by atoms with Gasteiger partial charge in [-0.2, -0.15) is 11.8 Å². The van der Waals surface area contributed by atoms with Crippen LogP contribution in [0.25, 0.3) is 10.9 Å². The van der Waals surface area contributed by atoms with Crippen LogP contribution in [-0.4, -0.2) is 27.7 Å². The third kappa shape index (κ3) is 3.53. The second kappa shape index (κ2) is 6.59. The molecule has 1 N–H and O–H groups in total. The zero-order chi connectivity index (χ0) is 13.8. The first kappa shape index (κ1) is 13.9. The second-order valence-corrected chi connectivity index (χ2v) is 6.87. The van der Waals surface area contributed by atoms with Crippen LogP contribution in [0.3, 0.4) is 0 Å². The van der Waals surface area contributed by atoms with Gasteiger partial charge in [-0.25, -0.2) is 0 Å². The molecule has 2 nitrogen and oxygen atoms in total. The Kier molecular flexibility index (Phi) is 4.58. The number of aliphatic hydroxyl groups is 1. The first-order valence-corrected chi connectivity index (χ1v) is 8.57. The van der Waals surface area contributed by atoms with Crippen molar-refractivity contribution in [2.75, 3.05) is 11.5 Å². The normalized spacial score (nSPS) is 18.2. The van der Waals surface area contributed by atoms with E-state index in [1.54, 1.807) is 0 Å². The van der Waals surface area contributed by atoms with E-state index in [2.05, 4.69) is 17.1 Å². The quantitative estimate of drug-likeness (QED) is 0.931. The average Bonchev–Trinajstić information content (AvgIpc) is 2.48. The molecular formula is C17H21NOS. The lowest BCUT2D eigenvalue weighted by molar-refractivity contribution is 0.138. The van der Waals surface area contributed by atoms with Gasteiger partial charge in [0.2, 0.25) is 0 Å². The molecule has 0 spiro atoms. The molecule has 3 heteroatoms. The van der Waals surface area contributed by atoms with Crippen LogP contribution >= 0.6 is 11.8 Å². The van der Waals surface area contributed by atoms with E-state index in [0.29, 0.717) is 12.3 Å². The minimum atomic E-state index is -0.253. The summed E-state index contributed by atoms with van der Waals surface area (Å²) >= 11 is 2.04. The van der Waals surface area contributed by atoms with Gasteiger partial charge in [0.1, 0.15) is 0 Å². The number of hydrogen-bond donors (Lipinski definition) is 1. The number of benzene rings is 1.